The minimum absolute atomic E-state index is 0.0593. The van der Waals surface area contributed by atoms with E-state index < -0.39 is 65.7 Å². The summed E-state index contributed by atoms with van der Waals surface area (Å²) in [6.45, 7) is -0.406. The van der Waals surface area contributed by atoms with Crippen LogP contribution in [0.2, 0.25) is 5.02 Å². The minimum atomic E-state index is -5.23. The molecule has 140 valence electrons. The van der Waals surface area contributed by atoms with E-state index in [2.05, 4.69) is 4.98 Å². The second kappa shape index (κ2) is 7.53. The van der Waals surface area contributed by atoms with Crippen LogP contribution in [0.1, 0.15) is 32.7 Å². The third-order valence-corrected chi connectivity index (χ3v) is 3.42. The highest BCUT2D eigenvalue weighted by Crippen LogP contribution is 2.32. The van der Waals surface area contributed by atoms with Crippen LogP contribution in [0.4, 0.5) is 26.3 Å². The van der Waals surface area contributed by atoms with Crippen molar-refractivity contribution >= 4 is 17.5 Å². The largest absolute Gasteiger partial charge is 0.417 e. The summed E-state index contributed by atoms with van der Waals surface area (Å²) >= 11 is 5.71. The summed E-state index contributed by atoms with van der Waals surface area (Å²) < 4.78 is 108. The molecular weight excluding hydrogens is 386 g/mol. The van der Waals surface area contributed by atoms with Gasteiger partial charge in [0.1, 0.15) is 0 Å². The van der Waals surface area contributed by atoms with E-state index in [1.54, 1.807) is 0 Å². The molecule has 1 heterocycles. The Hall–Kier alpha value is -2.29. The van der Waals surface area contributed by atoms with Crippen molar-refractivity contribution in [1.82, 2.24) is 10.3 Å². The van der Waals surface area contributed by atoms with E-state index in [1.165, 1.54) is 0 Å². The highest BCUT2D eigenvalue weighted by molar-refractivity contribution is 6.31. The van der Waals surface area contributed by atoms with Gasteiger partial charge in [0, 0.05) is 19.2 Å². The average Bonchev–Trinajstić information content (AvgIpc) is 2.61. The highest BCUT2D eigenvalue weighted by Gasteiger charge is 2.35. The molecule has 0 fully saturated rings. The molecule has 1 amide bonds. The Morgan fingerprint density at radius 3 is 2.38 bits per heavy atom. The summed E-state index contributed by atoms with van der Waals surface area (Å²) in [4.78, 5) is 15.8. The Labute approximate surface area is 154 Å². The summed E-state index contributed by atoms with van der Waals surface area (Å²) in [5, 5.41) is 1.67. The first kappa shape index (κ1) is 14.8. The topological polar surface area (TPSA) is 42.0 Å². The van der Waals surface area contributed by atoms with Crippen LogP contribution in [-0.4, -0.2) is 17.4 Å². The van der Waals surface area contributed by atoms with Gasteiger partial charge in [-0.15, -0.1) is 0 Å². The third kappa shape index (κ3) is 4.87. The van der Waals surface area contributed by atoms with E-state index in [0.29, 0.717) is 12.3 Å². The quantitative estimate of drug-likeness (QED) is 0.753. The van der Waals surface area contributed by atoms with Crippen molar-refractivity contribution < 1.29 is 36.6 Å². The Bertz CT molecular complexity index is 997. The Balaban J connectivity index is 2.26. The van der Waals surface area contributed by atoms with E-state index in [4.69, 9.17) is 17.1 Å². The van der Waals surface area contributed by atoms with Crippen molar-refractivity contribution in [3.63, 3.8) is 0 Å². The molecule has 0 aliphatic heterocycles. The number of hydrogen-bond donors (Lipinski definition) is 1. The maximum absolute atomic E-state index is 13.3. The predicted molar refractivity (Wildman–Crippen MR) is 81.7 cm³/mol. The highest BCUT2D eigenvalue weighted by atomic mass is 35.5. The zero-order valence-corrected chi connectivity index (χ0v) is 13.3. The summed E-state index contributed by atoms with van der Waals surface area (Å²) in [6, 6.07) is -4.15. The second-order valence-corrected chi connectivity index (χ2v) is 5.31. The van der Waals surface area contributed by atoms with Gasteiger partial charge in [0.05, 0.1) is 32.9 Å². The van der Waals surface area contributed by atoms with Crippen LogP contribution in [0.5, 0.6) is 0 Å². The molecule has 0 aliphatic carbocycles. The van der Waals surface area contributed by atoms with E-state index >= 15 is 0 Å². The lowest BCUT2D eigenvalue weighted by atomic mass is 10.1. The number of alkyl halides is 6. The molecule has 0 aliphatic rings. The lowest BCUT2D eigenvalue weighted by molar-refractivity contribution is -0.138. The van der Waals surface area contributed by atoms with Crippen LogP contribution in [0, 0.1) is 0 Å². The van der Waals surface area contributed by atoms with Crippen molar-refractivity contribution in [3.05, 3.63) is 63.8 Å². The van der Waals surface area contributed by atoms with Crippen LogP contribution < -0.4 is 5.32 Å². The van der Waals surface area contributed by atoms with E-state index in [0.717, 1.165) is 0 Å². The van der Waals surface area contributed by atoms with Crippen LogP contribution in [0.3, 0.4) is 0 Å². The maximum Gasteiger partial charge on any atom is 0.417 e. The summed E-state index contributed by atoms with van der Waals surface area (Å²) in [6.07, 6.45) is -9.64. The molecular formula is C16H11ClF6N2O. The van der Waals surface area contributed by atoms with Crippen LogP contribution in [-0.2, 0) is 18.8 Å². The SMILES string of the molecule is [2H]c1c([2H])c([2H])c(C(F)(F)F)c(C(=O)NCCc2ncc(C(F)(F)F)cc2Cl)c1[2H]. The Morgan fingerprint density at radius 1 is 1.15 bits per heavy atom. The molecule has 2 rings (SSSR count). The van der Waals surface area contributed by atoms with Gasteiger partial charge in [-0.2, -0.15) is 26.3 Å². The number of nitrogens with one attached hydrogen (secondary N) is 1. The molecule has 0 bridgehead atoms. The van der Waals surface area contributed by atoms with E-state index in [-0.39, 0.29) is 17.1 Å². The number of halogens is 7. The van der Waals surface area contributed by atoms with Gasteiger partial charge in [-0.05, 0) is 18.2 Å². The number of rotatable bonds is 4. The van der Waals surface area contributed by atoms with Crippen LogP contribution >= 0.6 is 11.6 Å². The number of nitrogens with zero attached hydrogens (tertiary/aromatic N) is 1. The fourth-order valence-corrected chi connectivity index (χ4v) is 2.14. The summed E-state index contributed by atoms with van der Waals surface area (Å²) in [5.41, 5.74) is -4.27. The monoisotopic (exact) mass is 400 g/mol. The molecule has 0 spiro atoms. The number of aromatic nitrogens is 1. The Kier molecular flexibility index (Phi) is 4.29. The first-order valence-corrected chi connectivity index (χ1v) is 7.21. The summed E-state index contributed by atoms with van der Waals surface area (Å²) in [7, 11) is 0. The van der Waals surface area contributed by atoms with Gasteiger partial charge >= 0.3 is 12.4 Å². The van der Waals surface area contributed by atoms with Crippen molar-refractivity contribution in [3.8, 4) is 0 Å². The molecule has 3 nitrogen and oxygen atoms in total. The lowest BCUT2D eigenvalue weighted by Crippen LogP contribution is -2.28. The Morgan fingerprint density at radius 2 is 1.81 bits per heavy atom. The smallest absolute Gasteiger partial charge is 0.352 e. The normalized spacial score (nSPS) is 14.3. The number of amides is 1. The van der Waals surface area contributed by atoms with Crippen molar-refractivity contribution in [2.45, 2.75) is 18.8 Å². The molecule has 0 saturated heterocycles. The van der Waals surface area contributed by atoms with E-state index in [1.807, 2.05) is 5.32 Å². The standard InChI is InChI=1S/C16H11ClF6N2O/c17-12-7-9(15(18,19)20)8-25-13(12)5-6-24-14(26)10-3-1-2-4-11(10)16(21,22)23/h1-4,7-8H,5-6H2,(H,24,26)/i1D,2D,3D,4D. The molecule has 10 heteroatoms. The van der Waals surface area contributed by atoms with Gasteiger partial charge in [0.15, 0.2) is 0 Å². The molecule has 0 saturated carbocycles. The van der Waals surface area contributed by atoms with Gasteiger partial charge in [0.2, 0.25) is 0 Å². The van der Waals surface area contributed by atoms with E-state index in [9.17, 15) is 31.1 Å². The lowest BCUT2D eigenvalue weighted by Gasteiger charge is -2.13. The molecule has 0 radical (unpaired) electrons. The molecule has 26 heavy (non-hydrogen) atoms. The molecule has 1 aromatic heterocycles. The third-order valence-electron chi connectivity index (χ3n) is 3.09. The van der Waals surface area contributed by atoms with Gasteiger partial charge in [-0.3, -0.25) is 9.78 Å². The van der Waals surface area contributed by atoms with Crippen molar-refractivity contribution in [2.24, 2.45) is 0 Å². The number of hydrogen-bond acceptors (Lipinski definition) is 2. The number of carbonyl (C=O) groups excluding carboxylic acids is 1. The zero-order valence-electron chi connectivity index (χ0n) is 16.6. The molecule has 2 aromatic rings. The maximum atomic E-state index is 13.3. The van der Waals surface area contributed by atoms with Gasteiger partial charge in [-0.1, -0.05) is 23.7 Å². The molecule has 1 aromatic carbocycles. The molecule has 0 atom stereocenters. The number of benzene rings is 1. The fourth-order valence-electron chi connectivity index (χ4n) is 1.88. The second-order valence-electron chi connectivity index (χ2n) is 4.90. The average molecular weight is 401 g/mol. The predicted octanol–water partition coefficient (Wildman–Crippen LogP) is 4.75. The van der Waals surface area contributed by atoms with Gasteiger partial charge < -0.3 is 5.32 Å². The minimum Gasteiger partial charge on any atom is -0.352 e. The van der Waals surface area contributed by atoms with Crippen LogP contribution in [0.15, 0.2) is 36.4 Å². The van der Waals surface area contributed by atoms with Gasteiger partial charge in [0.25, 0.3) is 5.91 Å². The van der Waals surface area contributed by atoms with Crippen molar-refractivity contribution in [1.29, 1.82) is 0 Å². The molecule has 1 N–H and O–H groups in total. The molecule has 0 unspecified atom stereocenters. The number of carbonyl (C=O) groups is 1. The first-order chi connectivity index (χ1) is 13.7. The first-order valence-electron chi connectivity index (χ1n) is 8.83. The van der Waals surface area contributed by atoms with Crippen LogP contribution in [0.25, 0.3) is 0 Å². The van der Waals surface area contributed by atoms with Gasteiger partial charge in [-0.25, -0.2) is 0 Å². The zero-order chi connectivity index (χ0) is 23.0. The summed E-state index contributed by atoms with van der Waals surface area (Å²) in [5.74, 6) is -1.43. The number of pyridine rings is 1. The fraction of sp³-hybridized carbons (Fsp3) is 0.250. The van der Waals surface area contributed by atoms with Crippen molar-refractivity contribution in [2.75, 3.05) is 6.54 Å².